The van der Waals surface area contributed by atoms with Crippen molar-refractivity contribution < 1.29 is 4.74 Å². The van der Waals surface area contributed by atoms with Gasteiger partial charge in [0, 0.05) is 24.5 Å². The Morgan fingerprint density at radius 2 is 1.81 bits per heavy atom. The Hall–Kier alpha value is -0.650. The molecule has 1 aliphatic rings. The second kappa shape index (κ2) is 5.86. The molecule has 1 saturated heterocycles. The van der Waals surface area contributed by atoms with Gasteiger partial charge < -0.3 is 15.0 Å². The number of thiazole rings is 1. The highest BCUT2D eigenvalue weighted by molar-refractivity contribution is 7.15. The molecule has 2 rings (SSSR count). The molecule has 2 heterocycles. The van der Waals surface area contributed by atoms with Crippen LogP contribution < -0.4 is 10.2 Å². The summed E-state index contributed by atoms with van der Waals surface area (Å²) in [5, 5.41) is 4.39. The summed E-state index contributed by atoms with van der Waals surface area (Å²) in [6.45, 7) is 15.7. The van der Waals surface area contributed by atoms with Crippen molar-refractivity contribution in [1.29, 1.82) is 0 Å². The van der Waals surface area contributed by atoms with Crippen LogP contribution >= 0.6 is 11.3 Å². The van der Waals surface area contributed by atoms with Crippen molar-refractivity contribution in [2.45, 2.75) is 65.2 Å². The zero-order chi connectivity index (χ0) is 15.8. The van der Waals surface area contributed by atoms with Gasteiger partial charge in [-0.1, -0.05) is 13.8 Å². The van der Waals surface area contributed by atoms with Gasteiger partial charge in [-0.15, -0.1) is 11.3 Å². The van der Waals surface area contributed by atoms with Crippen molar-refractivity contribution in [3.63, 3.8) is 0 Å². The van der Waals surface area contributed by atoms with Gasteiger partial charge in [0.15, 0.2) is 5.13 Å². The van der Waals surface area contributed by atoms with Crippen molar-refractivity contribution in [2.24, 2.45) is 0 Å². The van der Waals surface area contributed by atoms with Crippen LogP contribution in [0.3, 0.4) is 0 Å². The normalized spacial score (nSPS) is 21.0. The summed E-state index contributed by atoms with van der Waals surface area (Å²) in [6, 6.07) is 0. The monoisotopic (exact) mass is 311 g/mol. The molecule has 5 heteroatoms. The third kappa shape index (κ3) is 3.96. The molecule has 0 radical (unpaired) electrons. The average Bonchev–Trinajstić information content (AvgIpc) is 2.69. The van der Waals surface area contributed by atoms with Crippen molar-refractivity contribution in [2.75, 3.05) is 25.0 Å². The zero-order valence-electron chi connectivity index (χ0n) is 14.4. The van der Waals surface area contributed by atoms with Crippen LogP contribution in [0.25, 0.3) is 0 Å². The van der Waals surface area contributed by atoms with E-state index in [-0.39, 0.29) is 11.2 Å². The summed E-state index contributed by atoms with van der Waals surface area (Å²) in [5.74, 6) is 0.459. The quantitative estimate of drug-likeness (QED) is 0.925. The number of ether oxygens (including phenoxy) is 1. The molecule has 120 valence electrons. The lowest BCUT2D eigenvalue weighted by Crippen LogP contribution is -2.57. The van der Waals surface area contributed by atoms with Crippen LogP contribution in [0.5, 0.6) is 0 Å². The van der Waals surface area contributed by atoms with Gasteiger partial charge in [-0.05, 0) is 40.7 Å². The van der Waals surface area contributed by atoms with Gasteiger partial charge in [0.2, 0.25) is 0 Å². The summed E-state index contributed by atoms with van der Waals surface area (Å²) < 4.78 is 6.17. The minimum Gasteiger partial charge on any atom is -0.366 e. The molecular weight excluding hydrogens is 282 g/mol. The van der Waals surface area contributed by atoms with E-state index in [1.807, 2.05) is 18.4 Å². The number of aromatic nitrogens is 1. The molecule has 1 aromatic rings. The topological polar surface area (TPSA) is 37.4 Å². The van der Waals surface area contributed by atoms with Gasteiger partial charge in [0.05, 0.1) is 16.9 Å². The van der Waals surface area contributed by atoms with Crippen LogP contribution in [-0.2, 0) is 11.3 Å². The number of morpholine rings is 1. The highest BCUT2D eigenvalue weighted by atomic mass is 32.1. The molecule has 1 fully saturated rings. The molecule has 0 atom stereocenters. The van der Waals surface area contributed by atoms with Crippen LogP contribution in [0.1, 0.15) is 58.0 Å². The van der Waals surface area contributed by atoms with E-state index in [0.717, 1.165) is 24.8 Å². The first-order valence-electron chi connectivity index (χ1n) is 7.73. The van der Waals surface area contributed by atoms with E-state index in [9.17, 15) is 0 Å². The predicted octanol–water partition coefficient (Wildman–Crippen LogP) is 3.38. The second-order valence-corrected chi connectivity index (χ2v) is 8.53. The molecule has 1 N–H and O–H groups in total. The molecule has 0 bridgehead atoms. The molecular formula is C16H29N3OS. The Bertz CT molecular complexity index is 478. The number of nitrogens with one attached hydrogen (secondary N) is 1. The highest BCUT2D eigenvalue weighted by Crippen LogP contribution is 2.36. The molecule has 0 spiro atoms. The molecule has 0 aromatic carbocycles. The van der Waals surface area contributed by atoms with Crippen LogP contribution in [0, 0.1) is 0 Å². The van der Waals surface area contributed by atoms with Gasteiger partial charge in [-0.2, -0.15) is 0 Å². The Morgan fingerprint density at radius 1 is 1.24 bits per heavy atom. The highest BCUT2D eigenvalue weighted by Gasteiger charge is 2.39. The Labute approximate surface area is 132 Å². The lowest BCUT2D eigenvalue weighted by Gasteiger charge is -2.47. The molecule has 0 unspecified atom stereocenters. The molecule has 4 nitrogen and oxygen atoms in total. The Kier molecular flexibility index (Phi) is 4.66. The molecule has 21 heavy (non-hydrogen) atoms. The first-order valence-corrected chi connectivity index (χ1v) is 8.54. The zero-order valence-corrected chi connectivity index (χ0v) is 15.2. The first-order chi connectivity index (χ1) is 9.63. The van der Waals surface area contributed by atoms with Crippen molar-refractivity contribution in [3.05, 3.63) is 10.6 Å². The van der Waals surface area contributed by atoms with Crippen molar-refractivity contribution in [3.8, 4) is 0 Å². The fraction of sp³-hybridized carbons (Fsp3) is 0.812. The van der Waals surface area contributed by atoms with Crippen LogP contribution in [0.4, 0.5) is 5.13 Å². The van der Waals surface area contributed by atoms with Gasteiger partial charge in [0.1, 0.15) is 0 Å². The molecule has 1 aromatic heterocycles. The lowest BCUT2D eigenvalue weighted by atomic mass is 9.99. The summed E-state index contributed by atoms with van der Waals surface area (Å²) >= 11 is 1.82. The third-order valence-corrected chi connectivity index (χ3v) is 4.70. The number of anilines is 1. The van der Waals surface area contributed by atoms with Gasteiger partial charge in [-0.3, -0.25) is 0 Å². The van der Waals surface area contributed by atoms with E-state index in [1.54, 1.807) is 0 Å². The standard InChI is InChI=1S/C16H29N3OS/c1-11(2)13-12(8-17-7)21-14(18-13)19-9-15(3,4)20-16(5,6)10-19/h11,17H,8-10H2,1-7H3. The largest absolute Gasteiger partial charge is 0.366 e. The molecule has 1 aliphatic heterocycles. The summed E-state index contributed by atoms with van der Waals surface area (Å²) in [4.78, 5) is 8.67. The number of rotatable bonds is 4. The average molecular weight is 311 g/mol. The molecule has 0 saturated carbocycles. The first kappa shape index (κ1) is 16.7. The predicted molar refractivity (Wildman–Crippen MR) is 90.4 cm³/mol. The second-order valence-electron chi connectivity index (χ2n) is 7.47. The SMILES string of the molecule is CNCc1sc(N2CC(C)(C)OC(C)(C)C2)nc1C(C)C. The maximum atomic E-state index is 6.17. The van der Waals surface area contributed by atoms with E-state index in [1.165, 1.54) is 10.6 Å². The maximum absolute atomic E-state index is 6.17. The number of hydrogen-bond donors (Lipinski definition) is 1. The Balaban J connectivity index is 2.30. The van der Waals surface area contributed by atoms with Gasteiger partial charge in [-0.25, -0.2) is 4.98 Å². The van der Waals surface area contributed by atoms with Gasteiger partial charge in [0.25, 0.3) is 0 Å². The maximum Gasteiger partial charge on any atom is 0.186 e. The summed E-state index contributed by atoms with van der Waals surface area (Å²) in [6.07, 6.45) is 0. The number of hydrogen-bond acceptors (Lipinski definition) is 5. The fourth-order valence-electron chi connectivity index (χ4n) is 3.15. The van der Waals surface area contributed by atoms with E-state index in [4.69, 9.17) is 9.72 Å². The van der Waals surface area contributed by atoms with Gasteiger partial charge >= 0.3 is 0 Å². The third-order valence-electron chi connectivity index (χ3n) is 3.57. The number of nitrogens with zero attached hydrogens (tertiary/aromatic N) is 2. The van der Waals surface area contributed by atoms with Crippen LogP contribution in [-0.4, -0.2) is 36.3 Å². The summed E-state index contributed by atoms with van der Waals surface area (Å²) in [7, 11) is 1.99. The van der Waals surface area contributed by atoms with Crippen LogP contribution in [0.2, 0.25) is 0 Å². The van der Waals surface area contributed by atoms with E-state index in [0.29, 0.717) is 5.92 Å². The van der Waals surface area contributed by atoms with Crippen molar-refractivity contribution in [1.82, 2.24) is 10.3 Å². The molecule has 0 aliphatic carbocycles. The van der Waals surface area contributed by atoms with Crippen molar-refractivity contribution >= 4 is 16.5 Å². The smallest absolute Gasteiger partial charge is 0.186 e. The minimum absolute atomic E-state index is 0.144. The van der Waals surface area contributed by atoms with E-state index >= 15 is 0 Å². The van der Waals surface area contributed by atoms with E-state index in [2.05, 4.69) is 51.8 Å². The summed E-state index contributed by atoms with van der Waals surface area (Å²) in [5.41, 5.74) is 0.940. The lowest BCUT2D eigenvalue weighted by molar-refractivity contribution is -0.133. The Morgan fingerprint density at radius 3 is 2.29 bits per heavy atom. The minimum atomic E-state index is -0.144. The molecule has 0 amide bonds. The van der Waals surface area contributed by atoms with E-state index < -0.39 is 0 Å². The fourth-order valence-corrected chi connectivity index (χ4v) is 4.37. The van der Waals surface area contributed by atoms with Crippen LogP contribution in [0.15, 0.2) is 0 Å².